The van der Waals surface area contributed by atoms with Crippen LogP contribution in [0.5, 0.6) is 0 Å². The first kappa shape index (κ1) is 57.8. The van der Waals surface area contributed by atoms with Crippen molar-refractivity contribution in [2.24, 2.45) is 0 Å². The van der Waals surface area contributed by atoms with Crippen LogP contribution in [0.25, 0.3) is 10.4 Å². The summed E-state index contributed by atoms with van der Waals surface area (Å²) in [6, 6.07) is 10.8. The van der Waals surface area contributed by atoms with E-state index in [1.54, 1.807) is 73.5 Å². The van der Waals surface area contributed by atoms with Crippen molar-refractivity contribution < 1.29 is 35.9 Å². The molecule has 0 spiro atoms. The molecule has 25 heteroatoms. The fraction of sp³-hybridized carbons (Fsp3) is 0.469. The van der Waals surface area contributed by atoms with Gasteiger partial charge in [0.15, 0.2) is 0 Å². The molecule has 2 aliphatic carbocycles. The van der Waals surface area contributed by atoms with E-state index >= 15 is 0 Å². The minimum Gasteiger partial charge on any atom is -0.447 e. The number of aromatic nitrogens is 6. The van der Waals surface area contributed by atoms with Gasteiger partial charge >= 0.3 is 12.2 Å². The minimum absolute atomic E-state index is 0.0657. The van der Waals surface area contributed by atoms with Gasteiger partial charge in [-0.1, -0.05) is 12.1 Å². The molecule has 0 atom stereocenters. The lowest BCUT2D eigenvalue weighted by molar-refractivity contribution is 0.108. The molecule has 6 N–H and O–H groups in total. The van der Waals surface area contributed by atoms with Crippen molar-refractivity contribution in [3.8, 4) is 10.4 Å². The van der Waals surface area contributed by atoms with Gasteiger partial charge in [-0.25, -0.2) is 55.0 Å². The zero-order valence-corrected chi connectivity index (χ0v) is 47.9. The molecule has 8 rings (SSSR count). The number of amides is 2. The van der Waals surface area contributed by atoms with Crippen molar-refractivity contribution in [2.45, 2.75) is 132 Å². The number of carbonyl (C=O) groups is 2. The van der Waals surface area contributed by atoms with Gasteiger partial charge in [0.25, 0.3) is 0 Å². The van der Waals surface area contributed by atoms with Crippen molar-refractivity contribution in [3.05, 3.63) is 92.9 Å². The van der Waals surface area contributed by atoms with E-state index in [1.165, 1.54) is 53.1 Å². The fourth-order valence-corrected chi connectivity index (χ4v) is 13.0. The Morgan fingerprint density at radius 2 is 1.09 bits per heavy atom. The molecule has 2 amide bonds. The van der Waals surface area contributed by atoms with Crippen LogP contribution in [0.15, 0.2) is 87.2 Å². The van der Waals surface area contributed by atoms with Gasteiger partial charge in [0, 0.05) is 100 Å². The molecule has 20 nitrogen and oxygen atoms in total. The molecule has 6 aromatic rings. The highest BCUT2D eigenvalue weighted by Gasteiger charge is 2.29. The van der Waals surface area contributed by atoms with Crippen LogP contribution in [0.1, 0.15) is 106 Å². The Morgan fingerprint density at radius 3 is 1.53 bits per heavy atom. The molecule has 4 heterocycles. The molecule has 0 bridgehead atoms. The normalized spacial score (nSPS) is 18.0. The number of aromatic amines is 2. The summed E-state index contributed by atoms with van der Waals surface area (Å²) < 4.78 is 64.5. The van der Waals surface area contributed by atoms with Gasteiger partial charge in [-0.3, -0.25) is 0 Å². The number of benzene rings is 2. The van der Waals surface area contributed by atoms with Crippen molar-refractivity contribution in [1.29, 1.82) is 0 Å². The van der Waals surface area contributed by atoms with E-state index in [0.29, 0.717) is 40.3 Å². The largest absolute Gasteiger partial charge is 0.447 e. The third-order valence-electron chi connectivity index (χ3n) is 12.0. The number of imidazole rings is 2. The second-order valence-corrected chi connectivity index (χ2v) is 26.5. The molecule has 0 saturated heterocycles. The average molecular weight is 1160 g/mol. The number of rotatable bonds is 15. The predicted octanol–water partition coefficient (Wildman–Crippen LogP) is 10.5. The van der Waals surface area contributed by atoms with E-state index in [-0.39, 0.29) is 52.2 Å². The van der Waals surface area contributed by atoms with Crippen LogP contribution in [-0.2, 0) is 29.5 Å². The van der Waals surface area contributed by atoms with Crippen LogP contribution in [0, 0.1) is 6.92 Å². The minimum atomic E-state index is -3.71. The summed E-state index contributed by atoms with van der Waals surface area (Å²) in [5.41, 5.74) is 2.60. The number of alkyl carbamates (subject to hydrolysis) is 2. The molecule has 2 aromatic carbocycles. The Kier molecular flexibility index (Phi) is 20.6. The van der Waals surface area contributed by atoms with Gasteiger partial charge in [-0.05, 0) is 132 Å². The van der Waals surface area contributed by atoms with E-state index in [2.05, 4.69) is 67.1 Å². The maximum Gasteiger partial charge on any atom is 0.407 e. The smallest absolute Gasteiger partial charge is 0.407 e. The molecule has 2 fully saturated rings. The van der Waals surface area contributed by atoms with Gasteiger partial charge in [-0.2, -0.15) is 0 Å². The highest BCUT2D eigenvalue weighted by molar-refractivity contribution is 9.11. The van der Waals surface area contributed by atoms with E-state index in [1.807, 2.05) is 46.0 Å². The van der Waals surface area contributed by atoms with Crippen LogP contribution in [0.3, 0.4) is 0 Å². The topological polar surface area (TPSA) is 259 Å². The molecular formula is C49H67BrN12O8S4. The first-order valence-corrected chi connectivity index (χ1v) is 29.5. The zero-order valence-electron chi connectivity index (χ0n) is 43.0. The summed E-state index contributed by atoms with van der Waals surface area (Å²) in [6.07, 6.45) is 17.0. The lowest BCUT2D eigenvalue weighted by Gasteiger charge is -2.28. The third kappa shape index (κ3) is 16.3. The van der Waals surface area contributed by atoms with Crippen LogP contribution < -0.4 is 21.3 Å². The number of thiazole rings is 2. The standard InChI is InChI=1S/C24H32N6O4S2.C13H19BrN2O2S.C12H16N4O2S/c1-15(2)34-24(31)29-17-7-5-16(6-8-17)22-27-14-20(35-22)19-10-9-18(28-23-25-11-12-26-23)13-21(19)36(32,33)30(3)4;1-8(2)18-13(17)16-10-5-3-9(4-6-10)12-15-7-11(14)19-12;1-9-4-5-10(15-12-13-6-7-14-12)8-11(9)19(17,18)16(2)3/h9-17H,5-8H2,1-4H3,(H,29,31)(H2,25,26,28);7-10H,3-6H2,1-2H3,(H,16,17);4-8H,1-3H3,(H2,13,14,15). The molecular weight excluding hydrogens is 1090 g/mol. The van der Waals surface area contributed by atoms with Crippen molar-refractivity contribution >= 4 is 94.1 Å². The monoisotopic (exact) mass is 1160 g/mol. The van der Waals surface area contributed by atoms with E-state index in [0.717, 1.165) is 65.0 Å². The molecule has 0 radical (unpaired) electrons. The number of sulfonamides is 2. The van der Waals surface area contributed by atoms with Crippen molar-refractivity contribution in [2.75, 3.05) is 38.8 Å². The Hall–Kier alpha value is -5.44. The highest BCUT2D eigenvalue weighted by atomic mass is 79.9. The molecule has 2 saturated carbocycles. The number of aryl methyl sites for hydroxylation is 1. The first-order chi connectivity index (χ1) is 35.1. The lowest BCUT2D eigenvalue weighted by atomic mass is 9.86. The molecule has 74 heavy (non-hydrogen) atoms. The number of halogens is 1. The number of anilines is 4. The summed E-state index contributed by atoms with van der Waals surface area (Å²) in [5, 5.41) is 14.2. The van der Waals surface area contributed by atoms with Gasteiger partial charge < -0.3 is 40.7 Å². The summed E-state index contributed by atoms with van der Waals surface area (Å²) in [7, 11) is -1.08. The second-order valence-electron chi connectivity index (χ2n) is 18.8. The number of hydrogen-bond donors (Lipinski definition) is 6. The average Bonchev–Trinajstić information content (AvgIpc) is 4.21. The summed E-state index contributed by atoms with van der Waals surface area (Å²) in [6.45, 7) is 9.14. The molecule has 4 aromatic heterocycles. The number of nitrogens with zero attached hydrogens (tertiary/aromatic N) is 6. The second kappa shape index (κ2) is 26.4. The first-order valence-electron chi connectivity index (χ1n) is 24.2. The summed E-state index contributed by atoms with van der Waals surface area (Å²) >= 11 is 6.68. The number of nitrogens with one attached hydrogen (secondary N) is 6. The van der Waals surface area contributed by atoms with Gasteiger partial charge in [-0.15, -0.1) is 22.7 Å². The molecule has 402 valence electrons. The maximum atomic E-state index is 13.2. The van der Waals surface area contributed by atoms with Crippen molar-refractivity contribution in [3.63, 3.8) is 0 Å². The van der Waals surface area contributed by atoms with Crippen LogP contribution in [0.4, 0.5) is 32.9 Å². The maximum absolute atomic E-state index is 13.2. The summed E-state index contributed by atoms with van der Waals surface area (Å²) in [5.74, 6) is 1.91. The summed E-state index contributed by atoms with van der Waals surface area (Å²) in [4.78, 5) is 47.8. The fourth-order valence-electron chi connectivity index (χ4n) is 8.16. The van der Waals surface area contributed by atoms with Gasteiger partial charge in [0.2, 0.25) is 31.9 Å². The van der Waals surface area contributed by atoms with Gasteiger partial charge in [0.1, 0.15) is 0 Å². The highest BCUT2D eigenvalue weighted by Crippen LogP contribution is 2.41. The molecule has 0 unspecified atom stereocenters. The van der Waals surface area contributed by atoms with E-state index < -0.39 is 20.0 Å². The Morgan fingerprint density at radius 1 is 0.649 bits per heavy atom. The lowest BCUT2D eigenvalue weighted by Crippen LogP contribution is -2.38. The van der Waals surface area contributed by atoms with Crippen LogP contribution >= 0.6 is 38.6 Å². The Labute approximate surface area is 450 Å². The van der Waals surface area contributed by atoms with Crippen LogP contribution in [0.2, 0.25) is 0 Å². The molecule has 0 aliphatic heterocycles. The quantitative estimate of drug-likeness (QED) is 0.0559. The number of H-pyrrole nitrogens is 2. The number of ether oxygens (including phenoxy) is 2. The van der Waals surface area contributed by atoms with Gasteiger partial charge in [0.05, 0.1) is 46.9 Å². The van der Waals surface area contributed by atoms with E-state index in [9.17, 15) is 26.4 Å². The Bertz CT molecular complexity index is 2970. The predicted molar refractivity (Wildman–Crippen MR) is 294 cm³/mol. The number of carbonyl (C=O) groups excluding carboxylic acids is 2. The third-order valence-corrected chi connectivity index (χ3v) is 18.6. The Balaban J connectivity index is 0.000000198. The molecule has 2 aliphatic rings. The zero-order chi connectivity index (χ0) is 53.7. The SMILES string of the molecule is CC(C)OC(=O)NC1CCC(c2ncc(-c3ccc(Nc4ncc[nH]4)cc3S(=O)(=O)N(C)C)s2)CC1.CC(C)OC(=O)NC1CCC(c2ncc(Br)s2)CC1.Cc1ccc(Nc2ncc[nH]2)cc1S(=O)(=O)N(C)C. The number of hydrogen-bond acceptors (Lipinski definition) is 16. The van der Waals surface area contributed by atoms with Crippen molar-refractivity contribution in [1.82, 2.24) is 49.1 Å². The van der Waals surface area contributed by atoms with Crippen LogP contribution in [-0.4, -0.2) is 120 Å². The van der Waals surface area contributed by atoms with E-state index in [4.69, 9.17) is 9.47 Å².